The average molecular weight is 520 g/mol. The topological polar surface area (TPSA) is 88.9 Å². The van der Waals surface area contributed by atoms with Crippen molar-refractivity contribution in [2.75, 3.05) is 11.1 Å². The van der Waals surface area contributed by atoms with Crippen LogP contribution in [0.25, 0.3) is 0 Å². The Hall–Kier alpha value is -2.55. The SMILES string of the molecule is CCn1c(SCC(=O)Nc2c(C)cc(C)cc2C)nnc1[C@H](C)NC(=O)c1ccc(Cl)cc1Cl. The van der Waals surface area contributed by atoms with E-state index in [1.54, 1.807) is 12.1 Å². The highest BCUT2D eigenvalue weighted by atomic mass is 35.5. The zero-order valence-corrected chi connectivity index (χ0v) is 22.0. The Morgan fingerprint density at radius 1 is 1.09 bits per heavy atom. The van der Waals surface area contributed by atoms with Crippen LogP contribution in [0.4, 0.5) is 5.69 Å². The zero-order valence-electron chi connectivity index (χ0n) is 19.7. The Morgan fingerprint density at radius 3 is 2.38 bits per heavy atom. The summed E-state index contributed by atoms with van der Waals surface area (Å²) in [6, 6.07) is 8.38. The highest BCUT2D eigenvalue weighted by Crippen LogP contribution is 2.25. The Labute approximate surface area is 213 Å². The van der Waals surface area contributed by atoms with Gasteiger partial charge < -0.3 is 15.2 Å². The van der Waals surface area contributed by atoms with E-state index in [9.17, 15) is 9.59 Å². The second-order valence-electron chi connectivity index (χ2n) is 8.01. The average Bonchev–Trinajstić information content (AvgIpc) is 3.17. The van der Waals surface area contributed by atoms with Crippen molar-refractivity contribution in [3.8, 4) is 0 Å². The molecule has 3 rings (SSSR count). The van der Waals surface area contributed by atoms with Crippen molar-refractivity contribution in [2.24, 2.45) is 0 Å². The number of hydrogen-bond acceptors (Lipinski definition) is 5. The minimum absolute atomic E-state index is 0.119. The maximum Gasteiger partial charge on any atom is 0.253 e. The van der Waals surface area contributed by atoms with E-state index in [0.29, 0.717) is 28.1 Å². The first-order valence-corrected chi connectivity index (χ1v) is 12.5. The molecule has 0 aliphatic rings. The quantitative estimate of drug-likeness (QED) is 0.369. The number of anilines is 1. The summed E-state index contributed by atoms with van der Waals surface area (Å²) >= 11 is 13.4. The van der Waals surface area contributed by atoms with Crippen molar-refractivity contribution < 1.29 is 9.59 Å². The number of carbonyl (C=O) groups excluding carboxylic acids is 2. The molecule has 34 heavy (non-hydrogen) atoms. The summed E-state index contributed by atoms with van der Waals surface area (Å²) in [5, 5.41) is 15.7. The Morgan fingerprint density at radius 2 is 1.76 bits per heavy atom. The van der Waals surface area contributed by atoms with E-state index in [-0.39, 0.29) is 22.6 Å². The van der Waals surface area contributed by atoms with Crippen LogP contribution in [-0.4, -0.2) is 32.3 Å². The van der Waals surface area contributed by atoms with Gasteiger partial charge in [0.15, 0.2) is 11.0 Å². The lowest BCUT2D eigenvalue weighted by Crippen LogP contribution is -2.29. The number of carbonyl (C=O) groups is 2. The van der Waals surface area contributed by atoms with E-state index < -0.39 is 6.04 Å². The van der Waals surface area contributed by atoms with Crippen LogP contribution >= 0.6 is 35.0 Å². The van der Waals surface area contributed by atoms with Gasteiger partial charge in [0, 0.05) is 17.3 Å². The molecule has 1 aromatic heterocycles. The summed E-state index contributed by atoms with van der Waals surface area (Å²) in [6.45, 7) is 10.4. The molecule has 0 unspecified atom stereocenters. The summed E-state index contributed by atoms with van der Waals surface area (Å²) < 4.78 is 1.88. The van der Waals surface area contributed by atoms with Gasteiger partial charge in [-0.15, -0.1) is 10.2 Å². The zero-order chi connectivity index (χ0) is 25.0. The molecule has 0 bridgehead atoms. The number of amides is 2. The lowest BCUT2D eigenvalue weighted by molar-refractivity contribution is -0.113. The van der Waals surface area contributed by atoms with Gasteiger partial charge in [0.1, 0.15) is 0 Å². The Bertz CT molecular complexity index is 1210. The molecule has 0 saturated heterocycles. The largest absolute Gasteiger partial charge is 0.342 e. The van der Waals surface area contributed by atoms with Gasteiger partial charge in [0.25, 0.3) is 5.91 Å². The highest BCUT2D eigenvalue weighted by Gasteiger charge is 2.21. The van der Waals surface area contributed by atoms with Crippen molar-refractivity contribution in [3.63, 3.8) is 0 Å². The predicted molar refractivity (Wildman–Crippen MR) is 138 cm³/mol. The van der Waals surface area contributed by atoms with Crippen LogP contribution in [0, 0.1) is 20.8 Å². The van der Waals surface area contributed by atoms with Crippen molar-refractivity contribution >= 4 is 52.5 Å². The fraction of sp³-hybridized carbons (Fsp3) is 0.333. The standard InChI is InChI=1S/C24H27Cl2N5O2S/c1-6-31-22(16(5)27-23(33)18-8-7-17(25)11-19(18)26)29-30-24(31)34-12-20(32)28-21-14(3)9-13(2)10-15(21)4/h7-11,16H,6,12H2,1-5H3,(H,27,33)(H,28,32)/t16-/m0/s1. The first kappa shape index (κ1) is 26.1. The molecule has 1 atom stereocenters. The first-order chi connectivity index (χ1) is 16.1. The van der Waals surface area contributed by atoms with Gasteiger partial charge in [0.2, 0.25) is 5.91 Å². The van der Waals surface area contributed by atoms with Crippen molar-refractivity contribution in [1.82, 2.24) is 20.1 Å². The fourth-order valence-electron chi connectivity index (χ4n) is 3.72. The second kappa shape index (κ2) is 11.3. The number of hydrogen-bond donors (Lipinski definition) is 2. The molecule has 180 valence electrons. The number of thioether (sulfide) groups is 1. The molecule has 0 aliphatic carbocycles. The van der Waals surface area contributed by atoms with Crippen LogP contribution in [0.1, 0.15) is 52.8 Å². The van der Waals surface area contributed by atoms with Crippen LogP contribution in [0.3, 0.4) is 0 Å². The molecule has 2 amide bonds. The smallest absolute Gasteiger partial charge is 0.253 e. The number of nitrogens with one attached hydrogen (secondary N) is 2. The van der Waals surface area contributed by atoms with E-state index in [4.69, 9.17) is 23.2 Å². The first-order valence-electron chi connectivity index (χ1n) is 10.8. The Kier molecular flexibility index (Phi) is 8.62. The number of nitrogens with zero attached hydrogens (tertiary/aromatic N) is 3. The minimum atomic E-state index is -0.423. The third kappa shape index (κ3) is 6.11. The molecule has 0 radical (unpaired) electrons. The molecular formula is C24H27Cl2N5O2S. The molecule has 2 aromatic carbocycles. The van der Waals surface area contributed by atoms with Crippen molar-refractivity contribution in [3.05, 3.63) is 68.5 Å². The number of benzene rings is 2. The normalized spacial score (nSPS) is 11.9. The minimum Gasteiger partial charge on any atom is -0.342 e. The summed E-state index contributed by atoms with van der Waals surface area (Å²) in [6.07, 6.45) is 0. The summed E-state index contributed by atoms with van der Waals surface area (Å²) in [5.74, 6) is 0.323. The third-order valence-electron chi connectivity index (χ3n) is 5.25. The van der Waals surface area contributed by atoms with Gasteiger partial charge >= 0.3 is 0 Å². The van der Waals surface area contributed by atoms with Crippen molar-refractivity contribution in [2.45, 2.75) is 52.4 Å². The van der Waals surface area contributed by atoms with Gasteiger partial charge in [-0.05, 0) is 63.9 Å². The number of halogens is 2. The van der Waals surface area contributed by atoms with Crippen LogP contribution in [-0.2, 0) is 11.3 Å². The third-order valence-corrected chi connectivity index (χ3v) is 6.76. The molecule has 0 saturated carbocycles. The predicted octanol–water partition coefficient (Wildman–Crippen LogP) is 5.75. The lowest BCUT2D eigenvalue weighted by Gasteiger charge is -2.16. The van der Waals surface area contributed by atoms with E-state index in [2.05, 4.69) is 20.8 Å². The molecule has 1 heterocycles. The Balaban J connectivity index is 1.66. The molecule has 0 spiro atoms. The molecule has 0 fully saturated rings. The van der Waals surface area contributed by atoms with Crippen LogP contribution in [0.15, 0.2) is 35.5 Å². The maximum atomic E-state index is 12.7. The van der Waals surface area contributed by atoms with Crippen LogP contribution in [0.5, 0.6) is 0 Å². The highest BCUT2D eigenvalue weighted by molar-refractivity contribution is 7.99. The van der Waals surface area contributed by atoms with Gasteiger partial charge in [-0.25, -0.2) is 0 Å². The maximum absolute atomic E-state index is 12.7. The fourth-order valence-corrected chi connectivity index (χ4v) is 5.02. The lowest BCUT2D eigenvalue weighted by atomic mass is 10.1. The van der Waals surface area contributed by atoms with Gasteiger partial charge in [0.05, 0.1) is 22.4 Å². The molecule has 7 nitrogen and oxygen atoms in total. The molecule has 3 aromatic rings. The second-order valence-corrected chi connectivity index (χ2v) is 9.80. The number of aryl methyl sites for hydroxylation is 3. The van der Waals surface area contributed by atoms with Gasteiger partial charge in [-0.2, -0.15) is 0 Å². The van der Waals surface area contributed by atoms with E-state index >= 15 is 0 Å². The monoisotopic (exact) mass is 519 g/mol. The van der Waals surface area contributed by atoms with Gasteiger partial charge in [-0.3, -0.25) is 9.59 Å². The number of aromatic nitrogens is 3. The molecule has 2 N–H and O–H groups in total. The van der Waals surface area contributed by atoms with Crippen molar-refractivity contribution in [1.29, 1.82) is 0 Å². The van der Waals surface area contributed by atoms with E-state index in [1.165, 1.54) is 17.8 Å². The summed E-state index contributed by atoms with van der Waals surface area (Å²) in [5.41, 5.74) is 4.38. The van der Waals surface area contributed by atoms with Crippen LogP contribution in [0.2, 0.25) is 10.0 Å². The van der Waals surface area contributed by atoms with E-state index in [1.807, 2.05) is 51.3 Å². The summed E-state index contributed by atoms with van der Waals surface area (Å²) in [7, 11) is 0. The molecule has 0 aliphatic heterocycles. The van der Waals surface area contributed by atoms with Gasteiger partial charge in [-0.1, -0.05) is 52.7 Å². The summed E-state index contributed by atoms with van der Waals surface area (Å²) in [4.78, 5) is 25.3. The van der Waals surface area contributed by atoms with Crippen LogP contribution < -0.4 is 10.6 Å². The molecular weight excluding hydrogens is 493 g/mol. The number of rotatable bonds is 8. The van der Waals surface area contributed by atoms with E-state index in [0.717, 1.165) is 22.4 Å². The molecule has 10 heteroatoms.